The number of carbonyl (C=O) groups excluding carboxylic acids is 4. The van der Waals surface area contributed by atoms with Gasteiger partial charge >= 0.3 is 18.3 Å². The molecule has 0 aromatic rings. The maximum Gasteiger partial charge on any atom is 0.408 e. The van der Waals surface area contributed by atoms with Crippen LogP contribution in [0.5, 0.6) is 0 Å². The summed E-state index contributed by atoms with van der Waals surface area (Å²) in [4.78, 5) is 50.7. The van der Waals surface area contributed by atoms with Gasteiger partial charge in [-0.15, -0.1) is 12.3 Å². The Morgan fingerprint density at radius 2 is 1.24 bits per heavy atom. The first-order valence-corrected chi connectivity index (χ1v) is 16.6. The number of terminal acetylenes is 1. The third-order valence-electron chi connectivity index (χ3n) is 7.31. The van der Waals surface area contributed by atoms with Gasteiger partial charge in [-0.25, -0.2) is 14.4 Å². The molecule has 1 heterocycles. The summed E-state index contributed by atoms with van der Waals surface area (Å²) in [5, 5.41) is 54.8. The number of ether oxygens (including phenoxy) is 5. The molecule has 1 aliphatic heterocycles. The molecule has 17 nitrogen and oxygen atoms in total. The van der Waals surface area contributed by atoms with Crippen LogP contribution in [-0.2, 0) is 28.5 Å². The van der Waals surface area contributed by atoms with Crippen LogP contribution in [-0.4, -0.2) is 129 Å². The van der Waals surface area contributed by atoms with Crippen LogP contribution >= 0.6 is 0 Å². The zero-order valence-corrected chi connectivity index (χ0v) is 30.3. The summed E-state index contributed by atoms with van der Waals surface area (Å²) in [6.45, 7) is 14.4. The lowest BCUT2D eigenvalue weighted by molar-refractivity contribution is -0.293. The molecule has 1 saturated carbocycles. The van der Waals surface area contributed by atoms with Gasteiger partial charge in [-0.1, -0.05) is 0 Å². The highest BCUT2D eigenvalue weighted by Crippen LogP contribution is 2.30. The topological polar surface area (TPSA) is 243 Å². The van der Waals surface area contributed by atoms with E-state index in [1.54, 1.807) is 62.3 Å². The molecule has 17 heteroatoms. The van der Waals surface area contributed by atoms with Crippen molar-refractivity contribution in [3.63, 3.8) is 0 Å². The molecule has 2 rings (SSSR count). The number of carbonyl (C=O) groups is 4. The van der Waals surface area contributed by atoms with E-state index < -0.39 is 102 Å². The predicted molar refractivity (Wildman–Crippen MR) is 177 cm³/mol. The lowest BCUT2D eigenvalue weighted by Gasteiger charge is -2.48. The monoisotopic (exact) mass is 716 g/mol. The van der Waals surface area contributed by atoms with Gasteiger partial charge in [0.2, 0.25) is 5.91 Å². The van der Waals surface area contributed by atoms with Crippen molar-refractivity contribution >= 4 is 24.2 Å². The van der Waals surface area contributed by atoms with Crippen molar-refractivity contribution in [2.24, 2.45) is 0 Å². The lowest BCUT2D eigenvalue weighted by atomic mass is 9.83. The third kappa shape index (κ3) is 14.1. The molecular formula is C33H56N4O13. The molecule has 10 atom stereocenters. The van der Waals surface area contributed by atoms with Crippen LogP contribution < -0.4 is 21.3 Å². The SMILES string of the molecule is C#CCCCC(=O)NCC1O[C@H](O[C@@H]2C(NC(=O)OC(C)(C)C)C[C@@H](NC(=O)OC(C)(C)C)C(O)[C@H]2O)C(NC(=O)OC(C)(C)C)[C@@H](O)[C@@H]1O. The van der Waals surface area contributed by atoms with Gasteiger partial charge in [0.15, 0.2) is 6.29 Å². The first kappa shape index (κ1) is 42.8. The number of aliphatic hydroxyl groups excluding tert-OH is 4. The molecule has 1 aliphatic carbocycles. The second-order valence-corrected chi connectivity index (χ2v) is 15.4. The Morgan fingerprint density at radius 1 is 0.740 bits per heavy atom. The molecular weight excluding hydrogens is 660 g/mol. The molecule has 0 spiro atoms. The lowest BCUT2D eigenvalue weighted by Crippen LogP contribution is -2.70. The Morgan fingerprint density at radius 3 is 1.74 bits per heavy atom. The quantitative estimate of drug-likeness (QED) is 0.0876. The molecule has 1 saturated heterocycles. The Hall–Kier alpha value is -3.40. The molecule has 286 valence electrons. The van der Waals surface area contributed by atoms with Crippen molar-refractivity contribution in [1.82, 2.24) is 21.3 Å². The Bertz CT molecular complexity index is 1210. The number of rotatable bonds is 10. The summed E-state index contributed by atoms with van der Waals surface area (Å²) in [5.74, 6) is 2.04. The van der Waals surface area contributed by atoms with E-state index in [4.69, 9.17) is 30.1 Å². The average molecular weight is 717 g/mol. The van der Waals surface area contributed by atoms with Gasteiger partial charge in [0.1, 0.15) is 59.5 Å². The van der Waals surface area contributed by atoms with Gasteiger partial charge in [-0.2, -0.15) is 0 Å². The standard InChI is InChI=1S/C33H56N4O13/c1-11-12-13-14-20(38)34-16-19-23(40)24(41)21(37-30(45)50-33(8,9)10)27(46-19)47-26-18(36-29(44)49-32(5,6)7)15-17(22(39)25(26)42)35-28(43)48-31(2,3)4/h1,17-19,21-27,39-42H,12-16H2,2-10H3,(H,34,38)(H,35,43)(H,36,44)(H,37,45)/t17-,18?,19?,21?,22?,23-,24-,25-,26-,27-/m1/s1. The molecule has 0 aromatic carbocycles. The number of amides is 4. The fourth-order valence-electron chi connectivity index (χ4n) is 5.22. The first-order valence-electron chi connectivity index (χ1n) is 16.6. The van der Waals surface area contributed by atoms with Crippen molar-refractivity contribution < 1.29 is 63.3 Å². The molecule has 0 aromatic heterocycles. The predicted octanol–water partition coefficient (Wildman–Crippen LogP) is 0.543. The smallest absolute Gasteiger partial charge is 0.408 e. The van der Waals surface area contributed by atoms with E-state index in [9.17, 15) is 39.6 Å². The largest absolute Gasteiger partial charge is 0.444 e. The van der Waals surface area contributed by atoms with E-state index in [1.807, 2.05) is 0 Å². The van der Waals surface area contributed by atoms with Crippen molar-refractivity contribution in [3.05, 3.63) is 0 Å². The minimum Gasteiger partial charge on any atom is -0.444 e. The van der Waals surface area contributed by atoms with Crippen LogP contribution in [0.4, 0.5) is 14.4 Å². The number of hydrogen-bond acceptors (Lipinski definition) is 13. The van der Waals surface area contributed by atoms with Gasteiger partial charge in [0.05, 0.1) is 12.1 Å². The normalized spacial score (nSPS) is 30.2. The fourth-order valence-corrected chi connectivity index (χ4v) is 5.22. The summed E-state index contributed by atoms with van der Waals surface area (Å²) in [6, 6.07) is -3.84. The van der Waals surface area contributed by atoms with E-state index in [0.717, 1.165) is 0 Å². The van der Waals surface area contributed by atoms with Crippen LogP contribution in [0.1, 0.15) is 88.0 Å². The van der Waals surface area contributed by atoms with E-state index in [1.165, 1.54) is 0 Å². The molecule has 0 bridgehead atoms. The van der Waals surface area contributed by atoms with E-state index in [0.29, 0.717) is 12.8 Å². The molecule has 2 fully saturated rings. The van der Waals surface area contributed by atoms with Crippen LogP contribution in [0, 0.1) is 12.3 Å². The number of nitrogens with one attached hydrogen (secondary N) is 4. The maximum absolute atomic E-state index is 12.9. The first-order chi connectivity index (χ1) is 22.9. The second-order valence-electron chi connectivity index (χ2n) is 15.4. The summed E-state index contributed by atoms with van der Waals surface area (Å²) in [7, 11) is 0. The summed E-state index contributed by atoms with van der Waals surface area (Å²) < 4.78 is 28.1. The zero-order valence-electron chi connectivity index (χ0n) is 30.3. The minimum absolute atomic E-state index is 0.0982. The molecule has 0 radical (unpaired) electrons. The van der Waals surface area contributed by atoms with E-state index in [-0.39, 0.29) is 19.4 Å². The van der Waals surface area contributed by atoms with Crippen molar-refractivity contribution in [1.29, 1.82) is 0 Å². The number of hydrogen-bond donors (Lipinski definition) is 8. The van der Waals surface area contributed by atoms with Crippen molar-refractivity contribution in [2.75, 3.05) is 6.54 Å². The highest BCUT2D eigenvalue weighted by molar-refractivity contribution is 5.75. The van der Waals surface area contributed by atoms with Gasteiger partial charge < -0.3 is 65.4 Å². The number of aliphatic hydroxyl groups is 4. The summed E-state index contributed by atoms with van der Waals surface area (Å²) in [5.41, 5.74) is -2.75. The molecule has 4 unspecified atom stereocenters. The van der Waals surface area contributed by atoms with Gasteiger partial charge in [-0.05, 0) is 75.2 Å². The van der Waals surface area contributed by atoms with Crippen LogP contribution in [0.2, 0.25) is 0 Å². The fraction of sp³-hybridized carbons (Fsp3) is 0.818. The van der Waals surface area contributed by atoms with Crippen LogP contribution in [0.25, 0.3) is 0 Å². The van der Waals surface area contributed by atoms with Gasteiger partial charge in [-0.3, -0.25) is 4.79 Å². The van der Waals surface area contributed by atoms with E-state index in [2.05, 4.69) is 27.2 Å². The summed E-state index contributed by atoms with van der Waals surface area (Å²) in [6.07, 6.45) is -8.21. The second kappa shape index (κ2) is 17.7. The van der Waals surface area contributed by atoms with Crippen LogP contribution in [0.3, 0.4) is 0 Å². The molecule has 8 N–H and O–H groups in total. The van der Waals surface area contributed by atoms with Crippen LogP contribution in [0.15, 0.2) is 0 Å². The summed E-state index contributed by atoms with van der Waals surface area (Å²) >= 11 is 0. The zero-order chi connectivity index (χ0) is 38.2. The highest BCUT2D eigenvalue weighted by Gasteiger charge is 2.52. The Kier molecular flexibility index (Phi) is 15.1. The Balaban J connectivity index is 2.43. The highest BCUT2D eigenvalue weighted by atomic mass is 16.7. The average Bonchev–Trinajstić information content (AvgIpc) is 2.93. The van der Waals surface area contributed by atoms with Gasteiger partial charge in [0.25, 0.3) is 0 Å². The Labute approximate surface area is 293 Å². The minimum atomic E-state index is -1.81. The molecule has 2 aliphatic rings. The molecule has 50 heavy (non-hydrogen) atoms. The molecule has 4 amide bonds. The third-order valence-corrected chi connectivity index (χ3v) is 7.31. The van der Waals surface area contributed by atoms with E-state index >= 15 is 0 Å². The number of alkyl carbamates (subject to hydrolysis) is 3. The van der Waals surface area contributed by atoms with Crippen molar-refractivity contribution in [3.8, 4) is 12.3 Å². The van der Waals surface area contributed by atoms with Gasteiger partial charge in [0, 0.05) is 19.4 Å². The maximum atomic E-state index is 12.9. The number of unbranched alkanes of at least 4 members (excludes halogenated alkanes) is 1. The van der Waals surface area contributed by atoms with Crippen molar-refractivity contribution in [2.45, 2.75) is 166 Å².